The Morgan fingerprint density at radius 3 is 2.58 bits per heavy atom. The van der Waals surface area contributed by atoms with Crippen LogP contribution in [0.15, 0.2) is 52.3 Å². The molecule has 5 heteroatoms. The number of fused-ring (bicyclic) bond motifs is 1. The first-order valence-electron chi connectivity index (χ1n) is 5.83. The van der Waals surface area contributed by atoms with Crippen LogP contribution >= 0.6 is 0 Å². The van der Waals surface area contributed by atoms with Crippen molar-refractivity contribution in [1.82, 2.24) is 14.5 Å². The van der Waals surface area contributed by atoms with Crippen molar-refractivity contribution in [1.29, 1.82) is 0 Å². The van der Waals surface area contributed by atoms with Crippen molar-refractivity contribution < 1.29 is 0 Å². The van der Waals surface area contributed by atoms with E-state index in [1.165, 1.54) is 0 Å². The van der Waals surface area contributed by atoms with E-state index in [4.69, 9.17) is 0 Å². The van der Waals surface area contributed by atoms with Gasteiger partial charge in [0.15, 0.2) is 0 Å². The molecule has 19 heavy (non-hydrogen) atoms. The number of aromatic amines is 1. The van der Waals surface area contributed by atoms with E-state index in [9.17, 15) is 9.59 Å². The Hall–Kier alpha value is -2.69. The fraction of sp³-hybridized carbons (Fsp3) is 0.0714. The first-order chi connectivity index (χ1) is 9.16. The Labute approximate surface area is 108 Å². The van der Waals surface area contributed by atoms with Crippen LogP contribution in [0.25, 0.3) is 16.6 Å². The van der Waals surface area contributed by atoms with Crippen molar-refractivity contribution in [2.75, 3.05) is 0 Å². The summed E-state index contributed by atoms with van der Waals surface area (Å²) in [5.74, 6) is 0. The van der Waals surface area contributed by atoms with E-state index in [0.717, 1.165) is 10.1 Å². The Kier molecular flexibility index (Phi) is 2.52. The number of hydrogen-bond acceptors (Lipinski definition) is 3. The highest BCUT2D eigenvalue weighted by molar-refractivity contribution is 5.78. The second-order valence-electron chi connectivity index (χ2n) is 4.33. The van der Waals surface area contributed by atoms with Crippen LogP contribution in [0.3, 0.4) is 0 Å². The largest absolute Gasteiger partial charge is 0.333 e. The number of aryl methyl sites for hydroxylation is 1. The van der Waals surface area contributed by atoms with E-state index in [1.807, 2.05) is 13.0 Å². The van der Waals surface area contributed by atoms with Gasteiger partial charge in [0.1, 0.15) is 0 Å². The average molecular weight is 253 g/mol. The quantitative estimate of drug-likeness (QED) is 0.712. The first kappa shape index (κ1) is 11.4. The van der Waals surface area contributed by atoms with Crippen molar-refractivity contribution in [3.05, 3.63) is 69.1 Å². The third-order valence-corrected chi connectivity index (χ3v) is 2.97. The average Bonchev–Trinajstić information content (AvgIpc) is 2.39. The second-order valence-corrected chi connectivity index (χ2v) is 4.33. The van der Waals surface area contributed by atoms with Crippen LogP contribution in [0.4, 0.5) is 0 Å². The van der Waals surface area contributed by atoms with Crippen molar-refractivity contribution in [2.45, 2.75) is 6.92 Å². The lowest BCUT2D eigenvalue weighted by Crippen LogP contribution is -2.33. The zero-order valence-electron chi connectivity index (χ0n) is 10.3. The zero-order chi connectivity index (χ0) is 13.4. The second kappa shape index (κ2) is 4.20. The highest BCUT2D eigenvalue weighted by atomic mass is 16.2. The van der Waals surface area contributed by atoms with Crippen LogP contribution in [-0.4, -0.2) is 14.5 Å². The van der Waals surface area contributed by atoms with Crippen LogP contribution in [0.2, 0.25) is 0 Å². The molecule has 1 N–H and O–H groups in total. The van der Waals surface area contributed by atoms with Crippen molar-refractivity contribution in [2.24, 2.45) is 0 Å². The molecule has 0 fully saturated rings. The Bertz CT molecular complexity index is 863. The summed E-state index contributed by atoms with van der Waals surface area (Å²) >= 11 is 0. The van der Waals surface area contributed by atoms with Crippen molar-refractivity contribution in [3.63, 3.8) is 0 Å². The number of hydrogen-bond donors (Lipinski definition) is 1. The van der Waals surface area contributed by atoms with Gasteiger partial charge in [0.25, 0.3) is 5.56 Å². The topological polar surface area (TPSA) is 67.8 Å². The van der Waals surface area contributed by atoms with Crippen molar-refractivity contribution in [3.8, 4) is 5.69 Å². The Balaban J connectivity index is 2.43. The van der Waals surface area contributed by atoms with Crippen LogP contribution in [0, 0.1) is 6.92 Å². The van der Waals surface area contributed by atoms with Gasteiger partial charge in [-0.3, -0.25) is 9.78 Å². The highest BCUT2D eigenvalue weighted by Gasteiger charge is 2.08. The fourth-order valence-electron chi connectivity index (χ4n) is 2.06. The summed E-state index contributed by atoms with van der Waals surface area (Å²) < 4.78 is 1.11. The van der Waals surface area contributed by atoms with Gasteiger partial charge in [-0.2, -0.15) is 0 Å². The number of rotatable bonds is 1. The number of pyridine rings is 1. The molecule has 0 spiro atoms. The van der Waals surface area contributed by atoms with E-state index >= 15 is 0 Å². The van der Waals surface area contributed by atoms with Gasteiger partial charge < -0.3 is 4.98 Å². The zero-order valence-corrected chi connectivity index (χ0v) is 10.3. The van der Waals surface area contributed by atoms with Gasteiger partial charge in [0, 0.05) is 12.4 Å². The van der Waals surface area contributed by atoms with E-state index in [-0.39, 0.29) is 5.56 Å². The lowest BCUT2D eigenvalue weighted by atomic mass is 10.2. The van der Waals surface area contributed by atoms with Gasteiger partial charge in [0.2, 0.25) is 0 Å². The summed E-state index contributed by atoms with van der Waals surface area (Å²) in [4.78, 5) is 31.0. The molecule has 2 aromatic heterocycles. The lowest BCUT2D eigenvalue weighted by molar-refractivity contribution is 0.898. The van der Waals surface area contributed by atoms with Crippen LogP contribution in [0.5, 0.6) is 0 Å². The minimum atomic E-state index is -0.450. The molecule has 1 aromatic carbocycles. The SMILES string of the molecule is Cc1ccc2c(=O)n(-c3ccncc3)c(=O)[nH]c2c1. The normalized spacial score (nSPS) is 10.8. The molecule has 0 saturated heterocycles. The summed E-state index contributed by atoms with van der Waals surface area (Å²) in [6, 6.07) is 8.60. The molecule has 0 aliphatic carbocycles. The molecule has 0 unspecified atom stereocenters. The first-order valence-corrected chi connectivity index (χ1v) is 5.83. The molecule has 0 bridgehead atoms. The maximum Gasteiger partial charge on any atom is 0.333 e. The minimum Gasteiger partial charge on any atom is -0.306 e. The van der Waals surface area contributed by atoms with Gasteiger partial charge in [-0.1, -0.05) is 6.07 Å². The minimum absolute atomic E-state index is 0.329. The van der Waals surface area contributed by atoms with E-state index in [1.54, 1.807) is 36.7 Å². The molecule has 0 saturated carbocycles. The molecule has 0 atom stereocenters. The van der Waals surface area contributed by atoms with Gasteiger partial charge in [0.05, 0.1) is 16.6 Å². The van der Waals surface area contributed by atoms with Gasteiger partial charge >= 0.3 is 5.69 Å². The van der Waals surface area contributed by atoms with Crippen LogP contribution < -0.4 is 11.2 Å². The predicted octanol–water partition coefficient (Wildman–Crippen LogP) is 1.38. The summed E-state index contributed by atoms with van der Waals surface area (Å²) in [6.07, 6.45) is 3.08. The number of nitrogens with one attached hydrogen (secondary N) is 1. The number of aromatic nitrogens is 3. The van der Waals surface area contributed by atoms with Gasteiger partial charge in [-0.25, -0.2) is 9.36 Å². The third-order valence-electron chi connectivity index (χ3n) is 2.97. The van der Waals surface area contributed by atoms with Crippen LogP contribution in [-0.2, 0) is 0 Å². The van der Waals surface area contributed by atoms with E-state index in [0.29, 0.717) is 16.6 Å². The summed E-state index contributed by atoms with van der Waals surface area (Å²) in [5.41, 5.74) is 1.27. The molecule has 3 aromatic rings. The third kappa shape index (κ3) is 1.85. The lowest BCUT2D eigenvalue weighted by Gasteiger charge is -2.06. The molecule has 0 aliphatic heterocycles. The molecular weight excluding hydrogens is 242 g/mol. The summed E-state index contributed by atoms with van der Waals surface area (Å²) in [6.45, 7) is 1.91. The standard InChI is InChI=1S/C14H11N3O2/c1-9-2-3-11-12(8-9)16-14(19)17(13(11)18)10-4-6-15-7-5-10/h2-8H,1H3,(H,16,19). The summed E-state index contributed by atoms with van der Waals surface area (Å²) in [5, 5.41) is 0.488. The number of benzene rings is 1. The monoisotopic (exact) mass is 253 g/mol. The molecule has 0 radical (unpaired) electrons. The maximum atomic E-state index is 12.4. The van der Waals surface area contributed by atoms with E-state index in [2.05, 4.69) is 9.97 Å². The molecule has 2 heterocycles. The molecule has 0 aliphatic rings. The van der Waals surface area contributed by atoms with Gasteiger partial charge in [-0.15, -0.1) is 0 Å². The Morgan fingerprint density at radius 1 is 1.11 bits per heavy atom. The van der Waals surface area contributed by atoms with Crippen LogP contribution in [0.1, 0.15) is 5.56 Å². The molecule has 3 rings (SSSR count). The number of nitrogens with zero attached hydrogens (tertiary/aromatic N) is 2. The number of H-pyrrole nitrogens is 1. The fourth-order valence-corrected chi connectivity index (χ4v) is 2.06. The molecule has 5 nitrogen and oxygen atoms in total. The van der Waals surface area contributed by atoms with Crippen molar-refractivity contribution >= 4 is 10.9 Å². The predicted molar refractivity (Wildman–Crippen MR) is 72.7 cm³/mol. The maximum absolute atomic E-state index is 12.4. The summed E-state index contributed by atoms with van der Waals surface area (Å²) in [7, 11) is 0. The molecular formula is C14H11N3O2. The van der Waals surface area contributed by atoms with E-state index < -0.39 is 5.69 Å². The van der Waals surface area contributed by atoms with Gasteiger partial charge in [-0.05, 0) is 36.8 Å². The smallest absolute Gasteiger partial charge is 0.306 e. The Morgan fingerprint density at radius 2 is 1.84 bits per heavy atom. The molecule has 94 valence electrons. The highest BCUT2D eigenvalue weighted by Crippen LogP contribution is 2.09. The molecule has 0 amide bonds.